The standard InChI is InChI=1S/C16H18N4O/c1-12(2)16(21)20-9-7-19(8-10-20)15-11-17-13-5-3-4-6-14(13)18-15/h3-6,11H,1,7-10H2,2H3. The highest BCUT2D eigenvalue weighted by atomic mass is 16.2. The fourth-order valence-corrected chi connectivity index (χ4v) is 2.51. The molecule has 1 aliphatic heterocycles. The van der Waals surface area contributed by atoms with E-state index in [4.69, 9.17) is 0 Å². The van der Waals surface area contributed by atoms with Gasteiger partial charge in [-0.3, -0.25) is 9.78 Å². The lowest BCUT2D eigenvalue weighted by Gasteiger charge is -2.35. The van der Waals surface area contributed by atoms with Gasteiger partial charge < -0.3 is 9.80 Å². The molecule has 5 heteroatoms. The van der Waals surface area contributed by atoms with Gasteiger partial charge in [-0.2, -0.15) is 0 Å². The molecule has 2 aromatic rings. The van der Waals surface area contributed by atoms with E-state index < -0.39 is 0 Å². The zero-order valence-electron chi connectivity index (χ0n) is 12.1. The Kier molecular flexibility index (Phi) is 3.56. The maximum atomic E-state index is 11.9. The number of rotatable bonds is 2. The highest BCUT2D eigenvalue weighted by molar-refractivity contribution is 5.92. The first-order chi connectivity index (χ1) is 10.1. The Balaban J connectivity index is 1.73. The van der Waals surface area contributed by atoms with Crippen LogP contribution < -0.4 is 4.90 Å². The van der Waals surface area contributed by atoms with Crippen molar-refractivity contribution >= 4 is 22.8 Å². The number of nitrogens with zero attached hydrogens (tertiary/aromatic N) is 4. The van der Waals surface area contributed by atoms with Gasteiger partial charge in [0, 0.05) is 31.8 Å². The molecule has 1 aliphatic rings. The second kappa shape index (κ2) is 5.52. The largest absolute Gasteiger partial charge is 0.352 e. The molecule has 0 radical (unpaired) electrons. The van der Waals surface area contributed by atoms with E-state index in [9.17, 15) is 4.79 Å². The summed E-state index contributed by atoms with van der Waals surface area (Å²) in [5.41, 5.74) is 2.39. The van der Waals surface area contributed by atoms with Crippen LogP contribution in [0.25, 0.3) is 11.0 Å². The molecule has 3 rings (SSSR count). The van der Waals surface area contributed by atoms with E-state index in [1.807, 2.05) is 29.2 Å². The maximum Gasteiger partial charge on any atom is 0.249 e. The number of fused-ring (bicyclic) bond motifs is 1. The van der Waals surface area contributed by atoms with Gasteiger partial charge in [-0.15, -0.1) is 0 Å². The van der Waals surface area contributed by atoms with Crippen LogP contribution in [0.5, 0.6) is 0 Å². The number of benzene rings is 1. The smallest absolute Gasteiger partial charge is 0.249 e. The molecule has 108 valence electrons. The molecule has 5 nitrogen and oxygen atoms in total. The Hall–Kier alpha value is -2.43. The van der Waals surface area contributed by atoms with Gasteiger partial charge in [-0.05, 0) is 19.1 Å². The molecule has 21 heavy (non-hydrogen) atoms. The molecule has 0 atom stereocenters. The van der Waals surface area contributed by atoms with Crippen LogP contribution in [0, 0.1) is 0 Å². The zero-order chi connectivity index (χ0) is 14.8. The fourth-order valence-electron chi connectivity index (χ4n) is 2.51. The number of carbonyl (C=O) groups excluding carboxylic acids is 1. The van der Waals surface area contributed by atoms with E-state index in [0.29, 0.717) is 18.7 Å². The lowest BCUT2D eigenvalue weighted by molar-refractivity contribution is -0.127. The molecule has 1 aromatic heterocycles. The highest BCUT2D eigenvalue weighted by Gasteiger charge is 2.22. The van der Waals surface area contributed by atoms with Gasteiger partial charge in [0.1, 0.15) is 5.82 Å². The van der Waals surface area contributed by atoms with E-state index in [2.05, 4.69) is 21.4 Å². The van der Waals surface area contributed by atoms with Crippen LogP contribution in [0.4, 0.5) is 5.82 Å². The Morgan fingerprint density at radius 3 is 2.48 bits per heavy atom. The lowest BCUT2D eigenvalue weighted by Crippen LogP contribution is -2.49. The first-order valence-electron chi connectivity index (χ1n) is 7.06. The van der Waals surface area contributed by atoms with Gasteiger partial charge >= 0.3 is 0 Å². The second-order valence-corrected chi connectivity index (χ2v) is 5.28. The summed E-state index contributed by atoms with van der Waals surface area (Å²) in [6, 6.07) is 7.84. The van der Waals surface area contributed by atoms with Crippen molar-refractivity contribution < 1.29 is 4.79 Å². The number of amides is 1. The first kappa shape index (κ1) is 13.5. The van der Waals surface area contributed by atoms with Crippen LogP contribution in [0.15, 0.2) is 42.6 Å². The lowest BCUT2D eigenvalue weighted by atomic mass is 10.2. The maximum absolute atomic E-state index is 11.9. The van der Waals surface area contributed by atoms with Gasteiger partial charge in [-0.1, -0.05) is 18.7 Å². The number of hydrogen-bond donors (Lipinski definition) is 0. The van der Waals surface area contributed by atoms with Crippen molar-refractivity contribution in [2.75, 3.05) is 31.1 Å². The quantitative estimate of drug-likeness (QED) is 0.789. The molecule has 0 saturated carbocycles. The van der Waals surface area contributed by atoms with Crippen LogP contribution in [0.3, 0.4) is 0 Å². The Morgan fingerprint density at radius 1 is 1.14 bits per heavy atom. The molecule has 1 aromatic carbocycles. The minimum Gasteiger partial charge on any atom is -0.352 e. The Bertz CT molecular complexity index is 689. The van der Waals surface area contributed by atoms with E-state index >= 15 is 0 Å². The summed E-state index contributed by atoms with van der Waals surface area (Å²) >= 11 is 0. The number of piperazine rings is 1. The molecule has 0 unspecified atom stereocenters. The minimum absolute atomic E-state index is 0.0410. The Labute approximate surface area is 123 Å². The van der Waals surface area contributed by atoms with Gasteiger partial charge in [0.05, 0.1) is 17.2 Å². The molecule has 2 heterocycles. The SMILES string of the molecule is C=C(C)C(=O)N1CCN(c2cnc3ccccc3n2)CC1. The molecule has 1 saturated heterocycles. The van der Waals surface area contributed by atoms with E-state index in [1.54, 1.807) is 13.1 Å². The predicted molar refractivity (Wildman–Crippen MR) is 83.1 cm³/mol. The predicted octanol–water partition coefficient (Wildman–Crippen LogP) is 1.85. The topological polar surface area (TPSA) is 49.3 Å². The van der Waals surface area contributed by atoms with Crippen LogP contribution in [0.1, 0.15) is 6.92 Å². The molecule has 0 bridgehead atoms. The average Bonchev–Trinajstić information content (AvgIpc) is 2.54. The second-order valence-electron chi connectivity index (χ2n) is 5.28. The summed E-state index contributed by atoms with van der Waals surface area (Å²) in [4.78, 5) is 25.0. The van der Waals surface area contributed by atoms with Crippen LogP contribution in [-0.4, -0.2) is 47.0 Å². The van der Waals surface area contributed by atoms with E-state index in [0.717, 1.165) is 29.9 Å². The zero-order valence-corrected chi connectivity index (χ0v) is 12.1. The van der Waals surface area contributed by atoms with Gasteiger partial charge in [0.2, 0.25) is 5.91 Å². The van der Waals surface area contributed by atoms with Crippen molar-refractivity contribution in [3.8, 4) is 0 Å². The van der Waals surface area contributed by atoms with Crippen molar-refractivity contribution in [1.29, 1.82) is 0 Å². The summed E-state index contributed by atoms with van der Waals surface area (Å²) in [5, 5.41) is 0. The average molecular weight is 282 g/mol. The number of hydrogen-bond acceptors (Lipinski definition) is 4. The summed E-state index contributed by atoms with van der Waals surface area (Å²) in [7, 11) is 0. The molecular weight excluding hydrogens is 264 g/mol. The van der Waals surface area contributed by atoms with Crippen LogP contribution >= 0.6 is 0 Å². The number of anilines is 1. The van der Waals surface area contributed by atoms with Gasteiger partial charge in [0.15, 0.2) is 0 Å². The summed E-state index contributed by atoms with van der Waals surface area (Å²) < 4.78 is 0. The molecule has 0 N–H and O–H groups in total. The van der Waals surface area contributed by atoms with E-state index in [1.165, 1.54) is 0 Å². The van der Waals surface area contributed by atoms with Crippen molar-refractivity contribution in [2.24, 2.45) is 0 Å². The number of para-hydroxylation sites is 2. The molecular formula is C16H18N4O. The van der Waals surface area contributed by atoms with Crippen molar-refractivity contribution in [1.82, 2.24) is 14.9 Å². The van der Waals surface area contributed by atoms with Crippen LogP contribution in [0.2, 0.25) is 0 Å². The molecule has 1 amide bonds. The van der Waals surface area contributed by atoms with Crippen LogP contribution in [-0.2, 0) is 4.79 Å². The third-order valence-corrected chi connectivity index (χ3v) is 3.69. The van der Waals surface area contributed by atoms with Crippen molar-refractivity contribution in [3.05, 3.63) is 42.6 Å². The minimum atomic E-state index is 0.0410. The monoisotopic (exact) mass is 282 g/mol. The third kappa shape index (κ3) is 2.72. The Morgan fingerprint density at radius 2 is 1.81 bits per heavy atom. The van der Waals surface area contributed by atoms with E-state index in [-0.39, 0.29) is 5.91 Å². The summed E-state index contributed by atoms with van der Waals surface area (Å²) in [5.74, 6) is 0.912. The van der Waals surface area contributed by atoms with Crippen molar-refractivity contribution in [2.45, 2.75) is 6.92 Å². The molecule has 0 spiro atoms. The van der Waals surface area contributed by atoms with Gasteiger partial charge in [-0.25, -0.2) is 4.98 Å². The van der Waals surface area contributed by atoms with Crippen molar-refractivity contribution in [3.63, 3.8) is 0 Å². The number of carbonyl (C=O) groups is 1. The fraction of sp³-hybridized carbons (Fsp3) is 0.312. The summed E-state index contributed by atoms with van der Waals surface area (Å²) in [6.45, 7) is 8.40. The first-order valence-corrected chi connectivity index (χ1v) is 7.06. The van der Waals surface area contributed by atoms with Gasteiger partial charge in [0.25, 0.3) is 0 Å². The normalized spacial score (nSPS) is 15.3. The third-order valence-electron chi connectivity index (χ3n) is 3.69. The summed E-state index contributed by atoms with van der Waals surface area (Å²) in [6.07, 6.45) is 1.80. The molecule has 0 aliphatic carbocycles. The highest BCUT2D eigenvalue weighted by Crippen LogP contribution is 2.17. The number of aromatic nitrogens is 2. The molecule has 1 fully saturated rings.